The van der Waals surface area contributed by atoms with Crippen molar-refractivity contribution in [3.8, 4) is 12.3 Å². The second-order valence-corrected chi connectivity index (χ2v) is 5.52. The molecule has 0 aromatic carbocycles. The molecule has 3 unspecified atom stereocenters. The SMILES string of the molecule is C#CC(CCC)CCCC(CCC)C(C)CC. The molecule has 0 radical (unpaired) electrons. The van der Waals surface area contributed by atoms with Crippen molar-refractivity contribution in [3.05, 3.63) is 0 Å². The molecule has 0 bridgehead atoms. The van der Waals surface area contributed by atoms with Crippen molar-refractivity contribution in [1.29, 1.82) is 0 Å². The summed E-state index contributed by atoms with van der Waals surface area (Å²) in [5, 5.41) is 0. The van der Waals surface area contributed by atoms with E-state index in [4.69, 9.17) is 6.42 Å². The molecule has 0 saturated carbocycles. The fourth-order valence-electron chi connectivity index (χ4n) is 2.70. The fourth-order valence-corrected chi connectivity index (χ4v) is 2.70. The van der Waals surface area contributed by atoms with E-state index in [1.807, 2.05) is 0 Å². The predicted octanol–water partition coefficient (Wildman–Crippen LogP) is 5.67. The zero-order valence-corrected chi connectivity index (χ0v) is 12.5. The van der Waals surface area contributed by atoms with Crippen molar-refractivity contribution >= 4 is 0 Å². The van der Waals surface area contributed by atoms with Crippen LogP contribution in [0.4, 0.5) is 0 Å². The first-order chi connectivity index (χ1) is 8.19. The maximum absolute atomic E-state index is 5.57. The lowest BCUT2D eigenvalue weighted by Gasteiger charge is -2.23. The Hall–Kier alpha value is -0.440. The first-order valence-electron chi connectivity index (χ1n) is 7.65. The Morgan fingerprint density at radius 3 is 2.06 bits per heavy atom. The summed E-state index contributed by atoms with van der Waals surface area (Å²) >= 11 is 0. The van der Waals surface area contributed by atoms with Gasteiger partial charge in [0.25, 0.3) is 0 Å². The van der Waals surface area contributed by atoms with Gasteiger partial charge in [-0.05, 0) is 24.7 Å². The van der Waals surface area contributed by atoms with E-state index in [0.29, 0.717) is 5.92 Å². The van der Waals surface area contributed by atoms with E-state index in [9.17, 15) is 0 Å². The van der Waals surface area contributed by atoms with Crippen LogP contribution in [0.2, 0.25) is 0 Å². The highest BCUT2D eigenvalue weighted by Gasteiger charge is 2.15. The smallest absolute Gasteiger partial charge is 0.0200 e. The van der Waals surface area contributed by atoms with E-state index in [1.165, 1.54) is 51.4 Å². The first kappa shape index (κ1) is 16.6. The van der Waals surface area contributed by atoms with Gasteiger partial charge in [-0.15, -0.1) is 12.3 Å². The van der Waals surface area contributed by atoms with Gasteiger partial charge in [0, 0.05) is 5.92 Å². The lowest BCUT2D eigenvalue weighted by Crippen LogP contribution is -2.11. The highest BCUT2D eigenvalue weighted by molar-refractivity contribution is 4.92. The van der Waals surface area contributed by atoms with Crippen LogP contribution in [0.25, 0.3) is 0 Å². The number of hydrogen-bond acceptors (Lipinski definition) is 0. The van der Waals surface area contributed by atoms with Gasteiger partial charge in [-0.2, -0.15) is 0 Å². The van der Waals surface area contributed by atoms with Crippen LogP contribution in [0, 0.1) is 30.1 Å². The molecular formula is C17H32. The molecule has 3 atom stereocenters. The molecule has 0 N–H and O–H groups in total. The largest absolute Gasteiger partial charge is 0.120 e. The molecule has 0 nitrogen and oxygen atoms in total. The standard InChI is InChI=1S/C17H32/c1-6-11-16(9-4)13-10-14-17(12-7-2)15(5)8-3/h4,15-17H,6-8,10-14H2,1-3,5H3. The number of terminal acetylenes is 1. The zero-order chi connectivity index (χ0) is 13.1. The minimum atomic E-state index is 0.527. The Morgan fingerprint density at radius 2 is 1.59 bits per heavy atom. The van der Waals surface area contributed by atoms with Crippen molar-refractivity contribution in [2.24, 2.45) is 17.8 Å². The minimum absolute atomic E-state index is 0.527. The summed E-state index contributed by atoms with van der Waals surface area (Å²) in [6, 6.07) is 0. The van der Waals surface area contributed by atoms with Gasteiger partial charge in [0.1, 0.15) is 0 Å². The van der Waals surface area contributed by atoms with Crippen LogP contribution in [0.1, 0.15) is 79.1 Å². The van der Waals surface area contributed by atoms with E-state index in [0.717, 1.165) is 11.8 Å². The lowest BCUT2D eigenvalue weighted by molar-refractivity contribution is 0.291. The Balaban J connectivity index is 3.92. The van der Waals surface area contributed by atoms with Crippen molar-refractivity contribution in [2.45, 2.75) is 79.1 Å². The maximum atomic E-state index is 5.57. The Labute approximate surface area is 110 Å². The molecule has 0 aliphatic carbocycles. The summed E-state index contributed by atoms with van der Waals surface area (Å²) in [4.78, 5) is 0. The third kappa shape index (κ3) is 7.48. The second-order valence-electron chi connectivity index (χ2n) is 5.52. The van der Waals surface area contributed by atoms with E-state index >= 15 is 0 Å². The monoisotopic (exact) mass is 236 g/mol. The lowest BCUT2D eigenvalue weighted by atomic mass is 9.83. The van der Waals surface area contributed by atoms with E-state index in [1.54, 1.807) is 0 Å². The molecule has 0 aliphatic heterocycles. The van der Waals surface area contributed by atoms with Crippen LogP contribution in [0.5, 0.6) is 0 Å². The average Bonchev–Trinajstić information content (AvgIpc) is 2.35. The normalized spacial score (nSPS) is 16.2. The van der Waals surface area contributed by atoms with Crippen LogP contribution in [-0.4, -0.2) is 0 Å². The summed E-state index contributed by atoms with van der Waals surface area (Å²) in [6.07, 6.45) is 16.0. The second kappa shape index (κ2) is 10.7. The summed E-state index contributed by atoms with van der Waals surface area (Å²) in [5.41, 5.74) is 0. The Kier molecular flexibility index (Phi) is 10.4. The molecule has 0 heteroatoms. The summed E-state index contributed by atoms with van der Waals surface area (Å²) in [5.74, 6) is 5.28. The Morgan fingerprint density at radius 1 is 0.941 bits per heavy atom. The predicted molar refractivity (Wildman–Crippen MR) is 78.9 cm³/mol. The number of rotatable bonds is 10. The molecule has 0 aromatic rings. The van der Waals surface area contributed by atoms with Gasteiger partial charge in [0.2, 0.25) is 0 Å². The maximum Gasteiger partial charge on any atom is 0.0200 e. The molecule has 0 spiro atoms. The molecule has 0 amide bonds. The van der Waals surface area contributed by atoms with Gasteiger partial charge in [-0.3, -0.25) is 0 Å². The van der Waals surface area contributed by atoms with Crippen molar-refractivity contribution < 1.29 is 0 Å². The minimum Gasteiger partial charge on any atom is -0.120 e. The third-order valence-electron chi connectivity index (χ3n) is 4.11. The van der Waals surface area contributed by atoms with Gasteiger partial charge in [0.15, 0.2) is 0 Å². The molecule has 0 heterocycles. The van der Waals surface area contributed by atoms with Gasteiger partial charge in [-0.1, -0.05) is 66.2 Å². The summed E-state index contributed by atoms with van der Waals surface area (Å²) in [6.45, 7) is 9.25. The van der Waals surface area contributed by atoms with Gasteiger partial charge >= 0.3 is 0 Å². The molecule has 100 valence electrons. The highest BCUT2D eigenvalue weighted by Crippen LogP contribution is 2.27. The molecule has 0 aromatic heterocycles. The van der Waals surface area contributed by atoms with E-state index < -0.39 is 0 Å². The highest BCUT2D eigenvalue weighted by atomic mass is 14.2. The molecule has 17 heavy (non-hydrogen) atoms. The van der Waals surface area contributed by atoms with E-state index in [2.05, 4.69) is 33.6 Å². The Bertz CT molecular complexity index is 199. The molecule has 0 saturated heterocycles. The topological polar surface area (TPSA) is 0 Å². The molecule has 0 fully saturated rings. The van der Waals surface area contributed by atoms with Crippen molar-refractivity contribution in [1.82, 2.24) is 0 Å². The van der Waals surface area contributed by atoms with Gasteiger partial charge in [-0.25, -0.2) is 0 Å². The van der Waals surface area contributed by atoms with Crippen LogP contribution in [0.3, 0.4) is 0 Å². The van der Waals surface area contributed by atoms with Crippen LogP contribution in [-0.2, 0) is 0 Å². The molecule has 0 rings (SSSR count). The van der Waals surface area contributed by atoms with Gasteiger partial charge < -0.3 is 0 Å². The number of hydrogen-bond donors (Lipinski definition) is 0. The zero-order valence-electron chi connectivity index (χ0n) is 12.5. The van der Waals surface area contributed by atoms with Gasteiger partial charge in [0.05, 0.1) is 0 Å². The third-order valence-corrected chi connectivity index (χ3v) is 4.11. The fraction of sp³-hybridized carbons (Fsp3) is 0.882. The average molecular weight is 236 g/mol. The van der Waals surface area contributed by atoms with Crippen LogP contribution >= 0.6 is 0 Å². The molecule has 0 aliphatic rings. The van der Waals surface area contributed by atoms with E-state index in [-0.39, 0.29) is 0 Å². The summed E-state index contributed by atoms with van der Waals surface area (Å²) in [7, 11) is 0. The summed E-state index contributed by atoms with van der Waals surface area (Å²) < 4.78 is 0. The molecular weight excluding hydrogens is 204 g/mol. The first-order valence-corrected chi connectivity index (χ1v) is 7.65. The van der Waals surface area contributed by atoms with Crippen molar-refractivity contribution in [3.63, 3.8) is 0 Å². The van der Waals surface area contributed by atoms with Crippen LogP contribution < -0.4 is 0 Å². The van der Waals surface area contributed by atoms with Crippen molar-refractivity contribution in [2.75, 3.05) is 0 Å². The van der Waals surface area contributed by atoms with Crippen LogP contribution in [0.15, 0.2) is 0 Å². The quantitative estimate of drug-likeness (QED) is 0.429.